The first-order chi connectivity index (χ1) is 18.2. The molecule has 0 bridgehead atoms. The SMILES string of the molecule is C#CC(C(/C=C(\C)C(=C)N1CC2CC(C)CC(C)(O)C2C1)=NCC(F)(F)F)=C(N)C1=CCC(C=C)=C1/C=C\C. The summed E-state index contributed by atoms with van der Waals surface area (Å²) in [7, 11) is 0. The minimum Gasteiger partial charge on any atom is -0.397 e. The average molecular weight is 540 g/mol. The highest BCUT2D eigenvalue weighted by molar-refractivity contribution is 6.13. The third kappa shape index (κ3) is 6.86. The van der Waals surface area contributed by atoms with Crippen molar-refractivity contribution in [1.82, 2.24) is 4.90 Å². The molecule has 2 aliphatic carbocycles. The number of terminal acetylenes is 1. The quantitative estimate of drug-likeness (QED) is 0.213. The fourth-order valence-corrected chi connectivity index (χ4v) is 6.24. The Morgan fingerprint density at radius 3 is 2.67 bits per heavy atom. The van der Waals surface area contributed by atoms with Crippen molar-refractivity contribution in [1.29, 1.82) is 0 Å². The van der Waals surface area contributed by atoms with Crippen LogP contribution in [-0.4, -0.2) is 47.1 Å². The molecule has 7 heteroatoms. The number of hydrogen-bond donors (Lipinski definition) is 2. The van der Waals surface area contributed by atoms with Crippen LogP contribution in [0.1, 0.15) is 47.0 Å². The summed E-state index contributed by atoms with van der Waals surface area (Å²) >= 11 is 0. The Labute approximate surface area is 230 Å². The molecule has 0 aromatic rings. The summed E-state index contributed by atoms with van der Waals surface area (Å²) in [6.07, 6.45) is 12.6. The lowest BCUT2D eigenvalue weighted by Gasteiger charge is -2.41. The Balaban J connectivity index is 1.99. The minimum absolute atomic E-state index is 0.0176. The highest BCUT2D eigenvalue weighted by atomic mass is 19.4. The van der Waals surface area contributed by atoms with E-state index in [9.17, 15) is 18.3 Å². The summed E-state index contributed by atoms with van der Waals surface area (Å²) in [5, 5.41) is 11.1. The van der Waals surface area contributed by atoms with Crippen LogP contribution in [0.4, 0.5) is 13.2 Å². The van der Waals surface area contributed by atoms with E-state index in [0.717, 1.165) is 30.5 Å². The molecule has 1 saturated carbocycles. The average Bonchev–Trinajstić information content (AvgIpc) is 3.46. The molecule has 4 unspecified atom stereocenters. The van der Waals surface area contributed by atoms with Gasteiger partial charge in [0.25, 0.3) is 0 Å². The van der Waals surface area contributed by atoms with E-state index in [1.807, 2.05) is 32.1 Å². The number of halogens is 3. The fraction of sp³-hybridized carbons (Fsp3) is 0.469. The Hall–Kier alpha value is -3.24. The van der Waals surface area contributed by atoms with Crippen molar-refractivity contribution in [2.24, 2.45) is 28.5 Å². The first-order valence-corrected chi connectivity index (χ1v) is 13.3. The van der Waals surface area contributed by atoms with Crippen molar-refractivity contribution in [3.8, 4) is 12.3 Å². The van der Waals surface area contributed by atoms with Gasteiger partial charge in [-0.2, -0.15) is 13.2 Å². The zero-order chi connectivity index (χ0) is 29.1. The van der Waals surface area contributed by atoms with Gasteiger partial charge in [0.2, 0.25) is 0 Å². The minimum atomic E-state index is -4.51. The second kappa shape index (κ2) is 11.9. The van der Waals surface area contributed by atoms with Crippen LogP contribution in [0.5, 0.6) is 0 Å². The maximum atomic E-state index is 13.2. The smallest absolute Gasteiger partial charge is 0.397 e. The Morgan fingerprint density at radius 2 is 2.08 bits per heavy atom. The van der Waals surface area contributed by atoms with Gasteiger partial charge in [0.05, 0.1) is 22.6 Å². The van der Waals surface area contributed by atoms with E-state index in [-0.39, 0.29) is 22.9 Å². The fourth-order valence-electron chi connectivity index (χ4n) is 6.24. The van der Waals surface area contributed by atoms with Crippen LogP contribution < -0.4 is 5.73 Å². The Kier molecular flexibility index (Phi) is 9.23. The number of aliphatic imine (C=N–C) groups is 1. The van der Waals surface area contributed by atoms with Gasteiger partial charge in [0.1, 0.15) is 6.54 Å². The predicted molar refractivity (Wildman–Crippen MR) is 154 cm³/mol. The highest BCUT2D eigenvalue weighted by Crippen LogP contribution is 2.46. The maximum absolute atomic E-state index is 13.2. The number of alkyl halides is 3. The molecule has 3 rings (SSSR count). The lowest BCUT2D eigenvalue weighted by molar-refractivity contribution is -0.118. The molecule has 3 N–H and O–H groups in total. The molecular weight excluding hydrogens is 499 g/mol. The molecule has 3 aliphatic rings. The van der Waals surface area contributed by atoms with Crippen molar-refractivity contribution in [3.05, 3.63) is 82.8 Å². The molecule has 0 spiro atoms. The molecule has 0 amide bonds. The van der Waals surface area contributed by atoms with Gasteiger partial charge < -0.3 is 15.7 Å². The van der Waals surface area contributed by atoms with Crippen molar-refractivity contribution < 1.29 is 18.3 Å². The van der Waals surface area contributed by atoms with Crippen LogP contribution in [0.3, 0.4) is 0 Å². The summed E-state index contributed by atoms with van der Waals surface area (Å²) in [5.74, 6) is 3.36. The summed E-state index contributed by atoms with van der Waals surface area (Å²) in [4.78, 5) is 5.99. The van der Waals surface area contributed by atoms with Gasteiger partial charge >= 0.3 is 6.18 Å². The zero-order valence-electron chi connectivity index (χ0n) is 23.4. The van der Waals surface area contributed by atoms with Crippen LogP contribution in [0.25, 0.3) is 0 Å². The summed E-state index contributed by atoms with van der Waals surface area (Å²) in [6, 6.07) is 0. The van der Waals surface area contributed by atoms with Crippen molar-refractivity contribution in [2.75, 3.05) is 19.6 Å². The third-order valence-corrected chi connectivity index (χ3v) is 8.03. The molecule has 210 valence electrons. The number of hydrogen-bond acceptors (Lipinski definition) is 4. The van der Waals surface area contributed by atoms with Gasteiger partial charge in [0.15, 0.2) is 0 Å². The number of likely N-dealkylation sites (tertiary alicyclic amines) is 1. The van der Waals surface area contributed by atoms with Gasteiger partial charge in [-0.25, -0.2) is 0 Å². The molecule has 4 atom stereocenters. The van der Waals surface area contributed by atoms with Crippen LogP contribution in [0.2, 0.25) is 0 Å². The number of aliphatic hydroxyl groups is 1. The summed E-state index contributed by atoms with van der Waals surface area (Å²) < 4.78 is 39.7. The lowest BCUT2D eigenvalue weighted by atomic mass is 9.68. The van der Waals surface area contributed by atoms with Crippen molar-refractivity contribution >= 4 is 5.71 Å². The van der Waals surface area contributed by atoms with E-state index in [1.54, 1.807) is 19.1 Å². The van der Waals surface area contributed by atoms with Crippen LogP contribution in [0.15, 0.2) is 87.8 Å². The number of fused-ring (bicyclic) bond motifs is 1. The summed E-state index contributed by atoms with van der Waals surface area (Å²) in [6.45, 7) is 15.8. The molecule has 1 heterocycles. The first kappa shape index (κ1) is 30.3. The second-order valence-corrected chi connectivity index (χ2v) is 11.2. The normalized spacial score (nSPS) is 28.8. The van der Waals surface area contributed by atoms with Crippen LogP contribution >= 0.6 is 0 Å². The van der Waals surface area contributed by atoms with E-state index in [4.69, 9.17) is 12.2 Å². The van der Waals surface area contributed by atoms with E-state index in [0.29, 0.717) is 41.6 Å². The number of nitrogens with zero attached hydrogens (tertiary/aromatic N) is 2. The van der Waals surface area contributed by atoms with Gasteiger partial charge in [-0.05, 0) is 74.7 Å². The number of nitrogens with two attached hydrogens (primary N) is 1. The monoisotopic (exact) mass is 539 g/mol. The van der Waals surface area contributed by atoms with E-state index in [1.165, 1.54) is 0 Å². The topological polar surface area (TPSA) is 61.8 Å². The number of rotatable bonds is 8. The molecule has 4 nitrogen and oxygen atoms in total. The Bertz CT molecular complexity index is 1230. The van der Waals surface area contributed by atoms with E-state index >= 15 is 0 Å². The molecule has 1 aliphatic heterocycles. The Morgan fingerprint density at radius 1 is 1.38 bits per heavy atom. The molecule has 0 aromatic carbocycles. The van der Waals surface area contributed by atoms with E-state index in [2.05, 4.69) is 35.9 Å². The largest absolute Gasteiger partial charge is 0.407 e. The molecule has 39 heavy (non-hydrogen) atoms. The first-order valence-electron chi connectivity index (χ1n) is 13.3. The van der Waals surface area contributed by atoms with Gasteiger partial charge in [-0.15, -0.1) is 6.42 Å². The predicted octanol–water partition coefficient (Wildman–Crippen LogP) is 6.41. The number of allylic oxidation sites excluding steroid dienone is 9. The molecule has 0 aromatic heterocycles. The van der Waals surface area contributed by atoms with Gasteiger partial charge in [-0.1, -0.05) is 50.3 Å². The standard InChI is InChI=1S/C32H40F3N3O/c1-8-11-26-23(9-2)12-13-27(26)30(36)25(10-3)29(37-19-32(33,34)35)15-21(5)22(6)38-17-24-14-20(4)16-31(7,39)28(24)18-38/h3,8-9,11,13,15,20,24,28,39H,2,6,12,14,16-19,36H2,1,4-5,7H3/b11-8-,21-15+,30-25?,37-29?. The molecule has 1 saturated heterocycles. The van der Waals surface area contributed by atoms with Gasteiger partial charge in [-0.3, -0.25) is 4.99 Å². The third-order valence-electron chi connectivity index (χ3n) is 8.03. The van der Waals surface area contributed by atoms with Gasteiger partial charge in [0, 0.05) is 30.3 Å². The van der Waals surface area contributed by atoms with Crippen LogP contribution in [0, 0.1) is 30.1 Å². The van der Waals surface area contributed by atoms with Crippen molar-refractivity contribution in [3.63, 3.8) is 0 Å². The zero-order valence-corrected chi connectivity index (χ0v) is 23.4. The van der Waals surface area contributed by atoms with Crippen LogP contribution in [-0.2, 0) is 0 Å². The molecule has 2 fully saturated rings. The highest BCUT2D eigenvalue weighted by Gasteiger charge is 2.48. The second-order valence-electron chi connectivity index (χ2n) is 11.2. The summed E-state index contributed by atoms with van der Waals surface area (Å²) in [5.41, 5.74) is 9.78. The molecule has 0 radical (unpaired) electrons. The molecular formula is C32H40F3N3O. The van der Waals surface area contributed by atoms with Crippen molar-refractivity contribution in [2.45, 2.75) is 58.7 Å². The maximum Gasteiger partial charge on any atom is 0.407 e. The van der Waals surface area contributed by atoms with E-state index < -0.39 is 18.3 Å². The lowest BCUT2D eigenvalue weighted by Crippen LogP contribution is -2.45.